The Bertz CT molecular complexity index is 864. The molecule has 31 heavy (non-hydrogen) atoms. The topological polar surface area (TPSA) is 77.1 Å². The second-order valence-electron chi connectivity index (χ2n) is 7.49. The number of piperidine rings is 1. The number of likely N-dealkylation sites (tertiary alicyclic amines) is 1. The van der Waals surface area contributed by atoms with E-state index in [9.17, 15) is 9.59 Å². The molecule has 1 fully saturated rings. The van der Waals surface area contributed by atoms with Crippen molar-refractivity contribution in [2.45, 2.75) is 19.3 Å². The zero-order chi connectivity index (χ0) is 22.1. The molecule has 166 valence electrons. The summed E-state index contributed by atoms with van der Waals surface area (Å²) >= 11 is 0. The smallest absolute Gasteiger partial charge is 0.260 e. The summed E-state index contributed by atoms with van der Waals surface area (Å²) in [4.78, 5) is 26.6. The van der Waals surface area contributed by atoms with Gasteiger partial charge in [0.15, 0.2) is 18.1 Å². The highest BCUT2D eigenvalue weighted by Gasteiger charge is 2.27. The van der Waals surface area contributed by atoms with Gasteiger partial charge in [0.25, 0.3) is 5.91 Å². The SMILES string of the molecule is COc1ccc(CCNC(=O)C2CCN(C(=O)COc3ccccc3)CC2)cc1OC. The molecule has 0 bridgehead atoms. The minimum absolute atomic E-state index is 0.0200. The summed E-state index contributed by atoms with van der Waals surface area (Å²) in [7, 11) is 3.21. The summed E-state index contributed by atoms with van der Waals surface area (Å²) in [6.45, 7) is 1.72. The summed E-state index contributed by atoms with van der Waals surface area (Å²) in [5, 5.41) is 3.02. The van der Waals surface area contributed by atoms with E-state index in [1.54, 1.807) is 19.1 Å². The van der Waals surface area contributed by atoms with E-state index >= 15 is 0 Å². The van der Waals surface area contributed by atoms with E-state index in [0.29, 0.717) is 56.1 Å². The summed E-state index contributed by atoms with van der Waals surface area (Å²) < 4.78 is 16.1. The number of rotatable bonds is 9. The van der Waals surface area contributed by atoms with Crippen LogP contribution in [0.25, 0.3) is 0 Å². The van der Waals surface area contributed by atoms with Crippen LogP contribution in [0, 0.1) is 5.92 Å². The third-order valence-electron chi connectivity index (χ3n) is 5.48. The van der Waals surface area contributed by atoms with Crippen LogP contribution in [0.4, 0.5) is 0 Å². The van der Waals surface area contributed by atoms with Crippen LogP contribution in [-0.4, -0.2) is 57.2 Å². The summed E-state index contributed by atoms with van der Waals surface area (Å²) in [6.07, 6.45) is 2.04. The highest BCUT2D eigenvalue weighted by molar-refractivity contribution is 5.80. The van der Waals surface area contributed by atoms with Gasteiger partial charge in [-0.15, -0.1) is 0 Å². The lowest BCUT2D eigenvalue weighted by Gasteiger charge is -2.31. The summed E-state index contributed by atoms with van der Waals surface area (Å²) in [5.41, 5.74) is 1.07. The van der Waals surface area contributed by atoms with Crippen LogP contribution >= 0.6 is 0 Å². The molecule has 3 rings (SSSR count). The minimum Gasteiger partial charge on any atom is -0.493 e. The molecular weight excluding hydrogens is 396 g/mol. The fraction of sp³-hybridized carbons (Fsp3) is 0.417. The van der Waals surface area contributed by atoms with Gasteiger partial charge < -0.3 is 24.4 Å². The van der Waals surface area contributed by atoms with Crippen molar-refractivity contribution in [3.05, 3.63) is 54.1 Å². The van der Waals surface area contributed by atoms with Crippen LogP contribution in [0.5, 0.6) is 17.2 Å². The predicted octanol–water partition coefficient (Wildman–Crippen LogP) is 2.68. The van der Waals surface area contributed by atoms with Crippen molar-refractivity contribution < 1.29 is 23.8 Å². The van der Waals surface area contributed by atoms with E-state index in [1.165, 1.54) is 0 Å². The lowest BCUT2D eigenvalue weighted by atomic mass is 9.96. The lowest BCUT2D eigenvalue weighted by molar-refractivity contribution is -0.137. The average Bonchev–Trinajstić information content (AvgIpc) is 2.83. The third-order valence-corrected chi connectivity index (χ3v) is 5.48. The summed E-state index contributed by atoms with van der Waals surface area (Å²) in [5.74, 6) is 1.98. The van der Waals surface area contributed by atoms with E-state index in [2.05, 4.69) is 5.32 Å². The number of nitrogens with zero attached hydrogens (tertiary/aromatic N) is 1. The van der Waals surface area contributed by atoms with Crippen LogP contribution in [-0.2, 0) is 16.0 Å². The Morgan fingerprint density at radius 1 is 1.00 bits per heavy atom. The van der Waals surface area contributed by atoms with Crippen LogP contribution in [0.1, 0.15) is 18.4 Å². The molecule has 1 aliphatic heterocycles. The van der Waals surface area contributed by atoms with Gasteiger partial charge in [-0.05, 0) is 49.1 Å². The van der Waals surface area contributed by atoms with E-state index in [4.69, 9.17) is 14.2 Å². The molecule has 2 amide bonds. The zero-order valence-corrected chi connectivity index (χ0v) is 18.1. The van der Waals surface area contributed by atoms with Crippen molar-refractivity contribution in [2.75, 3.05) is 40.5 Å². The highest BCUT2D eigenvalue weighted by atomic mass is 16.5. The molecular formula is C24H30N2O5. The Labute approximate surface area is 183 Å². The fourth-order valence-corrected chi connectivity index (χ4v) is 3.65. The number of hydrogen-bond donors (Lipinski definition) is 1. The molecule has 0 radical (unpaired) electrons. The number of para-hydroxylation sites is 1. The number of hydrogen-bond acceptors (Lipinski definition) is 5. The van der Waals surface area contributed by atoms with Gasteiger partial charge in [-0.25, -0.2) is 0 Å². The fourth-order valence-electron chi connectivity index (χ4n) is 3.65. The number of ether oxygens (including phenoxy) is 3. The molecule has 2 aromatic carbocycles. The molecule has 7 nitrogen and oxygen atoms in total. The van der Waals surface area contributed by atoms with Crippen molar-refractivity contribution in [2.24, 2.45) is 5.92 Å². The molecule has 0 aliphatic carbocycles. The van der Waals surface area contributed by atoms with Crippen LogP contribution < -0.4 is 19.5 Å². The van der Waals surface area contributed by atoms with Gasteiger partial charge in [0.05, 0.1) is 14.2 Å². The van der Waals surface area contributed by atoms with Gasteiger partial charge in [-0.2, -0.15) is 0 Å². The first-order valence-corrected chi connectivity index (χ1v) is 10.5. The van der Waals surface area contributed by atoms with Crippen molar-refractivity contribution in [1.29, 1.82) is 0 Å². The van der Waals surface area contributed by atoms with Crippen molar-refractivity contribution in [3.63, 3.8) is 0 Å². The van der Waals surface area contributed by atoms with Gasteiger partial charge in [-0.1, -0.05) is 24.3 Å². The molecule has 0 spiro atoms. The van der Waals surface area contributed by atoms with Gasteiger partial charge in [-0.3, -0.25) is 9.59 Å². The van der Waals surface area contributed by atoms with Gasteiger partial charge in [0, 0.05) is 25.6 Å². The lowest BCUT2D eigenvalue weighted by Crippen LogP contribution is -2.44. The number of amides is 2. The van der Waals surface area contributed by atoms with E-state index < -0.39 is 0 Å². The molecule has 1 aliphatic rings. The normalized spacial score (nSPS) is 14.1. The quantitative estimate of drug-likeness (QED) is 0.667. The van der Waals surface area contributed by atoms with Crippen LogP contribution in [0.2, 0.25) is 0 Å². The Morgan fingerprint density at radius 2 is 1.71 bits per heavy atom. The number of methoxy groups -OCH3 is 2. The zero-order valence-electron chi connectivity index (χ0n) is 18.1. The first-order valence-electron chi connectivity index (χ1n) is 10.5. The standard InChI is InChI=1S/C24H30N2O5/c1-29-21-9-8-18(16-22(21)30-2)10-13-25-24(28)19-11-14-26(15-12-19)23(27)17-31-20-6-4-3-5-7-20/h3-9,16,19H,10-15,17H2,1-2H3,(H,25,28). The molecule has 7 heteroatoms. The van der Waals surface area contributed by atoms with Crippen molar-refractivity contribution in [1.82, 2.24) is 10.2 Å². The molecule has 0 saturated carbocycles. The number of benzene rings is 2. The maximum atomic E-state index is 12.5. The van der Waals surface area contributed by atoms with Crippen molar-refractivity contribution >= 4 is 11.8 Å². The maximum Gasteiger partial charge on any atom is 0.260 e. The van der Waals surface area contributed by atoms with E-state index in [-0.39, 0.29) is 24.3 Å². The van der Waals surface area contributed by atoms with Gasteiger partial charge >= 0.3 is 0 Å². The Morgan fingerprint density at radius 3 is 2.39 bits per heavy atom. The highest BCUT2D eigenvalue weighted by Crippen LogP contribution is 2.27. The third kappa shape index (κ3) is 6.38. The molecule has 1 N–H and O–H groups in total. The van der Waals surface area contributed by atoms with Crippen LogP contribution in [0.3, 0.4) is 0 Å². The predicted molar refractivity (Wildman–Crippen MR) is 118 cm³/mol. The monoisotopic (exact) mass is 426 g/mol. The van der Waals surface area contributed by atoms with Gasteiger partial charge in [0.1, 0.15) is 5.75 Å². The second kappa shape index (κ2) is 11.2. The second-order valence-corrected chi connectivity index (χ2v) is 7.49. The molecule has 0 aromatic heterocycles. The summed E-state index contributed by atoms with van der Waals surface area (Å²) in [6, 6.07) is 15.0. The largest absolute Gasteiger partial charge is 0.493 e. The number of nitrogens with one attached hydrogen (secondary N) is 1. The molecule has 2 aromatic rings. The Hall–Kier alpha value is -3.22. The maximum absolute atomic E-state index is 12.5. The first-order chi connectivity index (χ1) is 15.1. The molecule has 1 saturated heterocycles. The van der Waals surface area contributed by atoms with Crippen molar-refractivity contribution in [3.8, 4) is 17.2 Å². The van der Waals surface area contributed by atoms with Gasteiger partial charge in [0.2, 0.25) is 5.91 Å². The Kier molecular flexibility index (Phi) is 8.15. The van der Waals surface area contributed by atoms with E-state index in [0.717, 1.165) is 5.56 Å². The minimum atomic E-state index is -0.0653. The van der Waals surface area contributed by atoms with Crippen LogP contribution in [0.15, 0.2) is 48.5 Å². The molecule has 0 atom stereocenters. The van der Waals surface area contributed by atoms with E-state index in [1.807, 2.05) is 48.5 Å². The number of carbonyl (C=O) groups is 2. The molecule has 0 unspecified atom stereocenters. The first kappa shape index (κ1) is 22.5. The average molecular weight is 427 g/mol. The number of carbonyl (C=O) groups excluding carboxylic acids is 2. The molecule has 1 heterocycles. The Balaban J connectivity index is 1.37.